The number of rotatable bonds is 4. The Labute approximate surface area is 181 Å². The van der Waals surface area contributed by atoms with Crippen molar-refractivity contribution in [3.05, 3.63) is 34.9 Å². The summed E-state index contributed by atoms with van der Waals surface area (Å²) in [6.07, 6.45) is 0.0115. The fourth-order valence-electron chi connectivity index (χ4n) is 3.49. The van der Waals surface area contributed by atoms with Crippen LogP contribution >= 0.6 is 11.6 Å². The molecule has 1 aliphatic carbocycles. The molecule has 164 valence electrons. The Hall–Kier alpha value is -2.48. The summed E-state index contributed by atoms with van der Waals surface area (Å²) in [6, 6.07) is 6.37. The first kappa shape index (κ1) is 22.2. The quantitative estimate of drug-likeness (QED) is 0.779. The van der Waals surface area contributed by atoms with Gasteiger partial charge in [-0.05, 0) is 45.2 Å². The minimum Gasteiger partial charge on any atom is -0.465 e. The Morgan fingerprint density at radius 3 is 2.43 bits per heavy atom. The predicted molar refractivity (Wildman–Crippen MR) is 111 cm³/mol. The molecule has 1 aliphatic heterocycles. The highest BCUT2D eigenvalue weighted by Gasteiger charge is 2.43. The minimum atomic E-state index is -1.18. The van der Waals surface area contributed by atoms with Crippen molar-refractivity contribution in [1.29, 1.82) is 0 Å². The fourth-order valence-corrected chi connectivity index (χ4v) is 3.69. The molecule has 2 fully saturated rings. The topological polar surface area (TPSA) is 90.4 Å². The van der Waals surface area contributed by atoms with E-state index in [-0.39, 0.29) is 31.6 Å². The highest BCUT2D eigenvalue weighted by molar-refractivity contribution is 6.31. The highest BCUT2D eigenvalue weighted by Crippen LogP contribution is 2.31. The molecule has 1 saturated carbocycles. The summed E-state index contributed by atoms with van der Waals surface area (Å²) in [5, 5.41) is 10.2. The van der Waals surface area contributed by atoms with Crippen molar-refractivity contribution in [2.45, 2.75) is 57.8 Å². The summed E-state index contributed by atoms with van der Waals surface area (Å²) in [7, 11) is 0. The molecule has 0 aromatic heterocycles. The summed E-state index contributed by atoms with van der Waals surface area (Å²) >= 11 is 6.28. The van der Waals surface area contributed by atoms with Gasteiger partial charge in [0.25, 0.3) is 0 Å². The molecular formula is C21H28ClN3O5. The lowest BCUT2D eigenvalue weighted by molar-refractivity contribution is -0.139. The molecule has 1 aromatic rings. The van der Waals surface area contributed by atoms with Crippen molar-refractivity contribution in [2.75, 3.05) is 19.6 Å². The lowest BCUT2D eigenvalue weighted by Crippen LogP contribution is -2.62. The smallest absolute Gasteiger partial charge is 0.410 e. The lowest BCUT2D eigenvalue weighted by atomic mass is 10.1. The molecule has 0 radical (unpaired) electrons. The molecule has 1 N–H and O–H groups in total. The summed E-state index contributed by atoms with van der Waals surface area (Å²) in [4.78, 5) is 42.0. The van der Waals surface area contributed by atoms with E-state index in [2.05, 4.69) is 0 Å². The van der Waals surface area contributed by atoms with Crippen LogP contribution in [-0.2, 0) is 16.1 Å². The number of piperazine rings is 1. The third kappa shape index (κ3) is 5.36. The van der Waals surface area contributed by atoms with E-state index in [0.29, 0.717) is 11.6 Å². The van der Waals surface area contributed by atoms with E-state index >= 15 is 0 Å². The average Bonchev–Trinajstić information content (AvgIpc) is 3.50. The first-order valence-corrected chi connectivity index (χ1v) is 10.5. The Morgan fingerprint density at radius 2 is 1.87 bits per heavy atom. The van der Waals surface area contributed by atoms with Crippen molar-refractivity contribution < 1.29 is 24.2 Å². The van der Waals surface area contributed by atoms with Crippen LogP contribution in [0.5, 0.6) is 0 Å². The summed E-state index contributed by atoms with van der Waals surface area (Å²) in [5.41, 5.74) is 0.131. The van der Waals surface area contributed by atoms with Gasteiger partial charge < -0.3 is 19.6 Å². The van der Waals surface area contributed by atoms with Gasteiger partial charge in [0.1, 0.15) is 11.6 Å². The second-order valence-electron chi connectivity index (χ2n) is 8.71. The number of amides is 3. The van der Waals surface area contributed by atoms with Gasteiger partial charge in [-0.2, -0.15) is 0 Å². The Morgan fingerprint density at radius 1 is 1.20 bits per heavy atom. The number of halogens is 1. The zero-order chi connectivity index (χ0) is 22.1. The molecular weight excluding hydrogens is 410 g/mol. The van der Waals surface area contributed by atoms with Gasteiger partial charge in [0.05, 0.1) is 6.54 Å². The zero-order valence-corrected chi connectivity index (χ0v) is 18.3. The second kappa shape index (κ2) is 8.71. The Kier molecular flexibility index (Phi) is 6.45. The highest BCUT2D eigenvalue weighted by atomic mass is 35.5. The van der Waals surface area contributed by atoms with Crippen LogP contribution < -0.4 is 0 Å². The van der Waals surface area contributed by atoms with Gasteiger partial charge in [0, 0.05) is 30.7 Å². The van der Waals surface area contributed by atoms with Crippen LogP contribution in [0.3, 0.4) is 0 Å². The van der Waals surface area contributed by atoms with Crippen LogP contribution in [-0.4, -0.2) is 75.2 Å². The minimum absolute atomic E-state index is 0.0359. The number of hydrogen-bond acceptors (Lipinski definition) is 4. The SMILES string of the molecule is CC(C)(C)OC(=O)N1CCN(C(=O)O)C(C(=O)N(Cc2ccccc2Cl)C2CC2)C1. The van der Waals surface area contributed by atoms with Crippen molar-refractivity contribution in [3.63, 3.8) is 0 Å². The Bertz CT molecular complexity index is 821. The lowest BCUT2D eigenvalue weighted by Gasteiger charge is -2.41. The van der Waals surface area contributed by atoms with Crippen LogP contribution in [0.4, 0.5) is 9.59 Å². The van der Waals surface area contributed by atoms with Crippen molar-refractivity contribution in [1.82, 2.24) is 14.7 Å². The van der Waals surface area contributed by atoms with Gasteiger partial charge >= 0.3 is 12.2 Å². The molecule has 1 atom stereocenters. The number of carbonyl (C=O) groups excluding carboxylic acids is 2. The van der Waals surface area contributed by atoms with Gasteiger partial charge in [0.15, 0.2) is 0 Å². The standard InChI is InChI=1S/C21H28ClN3O5/c1-21(2,3)30-20(29)23-10-11-24(19(27)28)17(13-23)18(26)25(15-8-9-15)12-14-6-4-5-7-16(14)22/h4-7,15,17H,8-13H2,1-3H3,(H,27,28). The monoisotopic (exact) mass is 437 g/mol. The molecule has 0 bridgehead atoms. The number of carboxylic acid groups (broad SMARTS) is 1. The number of carbonyl (C=O) groups is 3. The molecule has 1 aromatic carbocycles. The van der Waals surface area contributed by atoms with E-state index in [4.69, 9.17) is 16.3 Å². The van der Waals surface area contributed by atoms with Crippen LogP contribution in [0.1, 0.15) is 39.2 Å². The van der Waals surface area contributed by atoms with Gasteiger partial charge in [0.2, 0.25) is 5.91 Å². The molecule has 30 heavy (non-hydrogen) atoms. The maximum atomic E-state index is 13.5. The van der Waals surface area contributed by atoms with Crippen LogP contribution in [0.2, 0.25) is 5.02 Å². The number of benzene rings is 1. The van der Waals surface area contributed by atoms with E-state index in [0.717, 1.165) is 23.3 Å². The van der Waals surface area contributed by atoms with E-state index in [1.54, 1.807) is 31.7 Å². The number of ether oxygens (including phenoxy) is 1. The normalized spacial score (nSPS) is 19.4. The van der Waals surface area contributed by atoms with Crippen LogP contribution in [0.25, 0.3) is 0 Å². The van der Waals surface area contributed by atoms with Crippen LogP contribution in [0, 0.1) is 0 Å². The van der Waals surface area contributed by atoms with Gasteiger partial charge in [-0.1, -0.05) is 29.8 Å². The summed E-state index contributed by atoms with van der Waals surface area (Å²) < 4.78 is 5.41. The maximum absolute atomic E-state index is 13.5. The maximum Gasteiger partial charge on any atom is 0.410 e. The summed E-state index contributed by atoms with van der Waals surface area (Å²) in [5.74, 6) is -0.312. The predicted octanol–water partition coefficient (Wildman–Crippen LogP) is 3.43. The van der Waals surface area contributed by atoms with E-state index in [1.165, 1.54) is 4.90 Å². The van der Waals surface area contributed by atoms with Crippen molar-refractivity contribution in [3.8, 4) is 0 Å². The van der Waals surface area contributed by atoms with E-state index in [1.807, 2.05) is 18.2 Å². The van der Waals surface area contributed by atoms with E-state index in [9.17, 15) is 19.5 Å². The molecule has 2 aliphatic rings. The molecule has 3 rings (SSSR count). The van der Waals surface area contributed by atoms with Crippen molar-refractivity contribution >= 4 is 29.7 Å². The largest absolute Gasteiger partial charge is 0.465 e. The number of hydrogen-bond donors (Lipinski definition) is 1. The van der Waals surface area contributed by atoms with Gasteiger partial charge in [-0.3, -0.25) is 9.69 Å². The molecule has 1 saturated heterocycles. The molecule has 1 unspecified atom stereocenters. The number of nitrogens with zero attached hydrogens (tertiary/aromatic N) is 3. The molecule has 3 amide bonds. The third-order valence-electron chi connectivity index (χ3n) is 5.13. The van der Waals surface area contributed by atoms with Crippen LogP contribution in [0.15, 0.2) is 24.3 Å². The summed E-state index contributed by atoms with van der Waals surface area (Å²) in [6.45, 7) is 5.79. The Balaban J connectivity index is 1.80. The second-order valence-corrected chi connectivity index (χ2v) is 9.11. The first-order chi connectivity index (χ1) is 14.1. The zero-order valence-electron chi connectivity index (χ0n) is 17.5. The van der Waals surface area contributed by atoms with E-state index < -0.39 is 23.8 Å². The average molecular weight is 438 g/mol. The van der Waals surface area contributed by atoms with Gasteiger partial charge in [-0.25, -0.2) is 9.59 Å². The fraction of sp³-hybridized carbons (Fsp3) is 0.571. The molecule has 8 nitrogen and oxygen atoms in total. The molecule has 1 heterocycles. The first-order valence-electron chi connectivity index (χ1n) is 10.1. The van der Waals surface area contributed by atoms with Gasteiger partial charge in [-0.15, -0.1) is 0 Å². The molecule has 0 spiro atoms. The van der Waals surface area contributed by atoms with Crippen molar-refractivity contribution in [2.24, 2.45) is 0 Å². The molecule has 9 heteroatoms. The third-order valence-corrected chi connectivity index (χ3v) is 5.50.